The van der Waals surface area contributed by atoms with Crippen molar-refractivity contribution in [2.24, 2.45) is 5.84 Å². The van der Waals surface area contributed by atoms with Gasteiger partial charge >= 0.3 is 0 Å². The molecule has 5 nitrogen and oxygen atoms in total. The Kier molecular flexibility index (Phi) is 3.37. The van der Waals surface area contributed by atoms with Crippen LogP contribution in [0, 0.1) is 10.4 Å². The molecule has 0 fully saturated rings. The topological polar surface area (TPSA) is 78.6 Å². The normalized spacial score (nSPS) is 12.9. The van der Waals surface area contributed by atoms with Gasteiger partial charge in [0, 0.05) is 8.88 Å². The third-order valence-electron chi connectivity index (χ3n) is 0.239. The molecule has 0 rings (SSSR count). The zero-order valence-corrected chi connectivity index (χ0v) is 4.79. The molecule has 2 N–H and O–H groups in total. The number of rotatable bonds is 2. The van der Waals surface area contributed by atoms with E-state index in [-0.39, 0.29) is 4.94 Å². The van der Waals surface area contributed by atoms with Crippen molar-refractivity contribution in [1.29, 1.82) is 0 Å². The van der Waals surface area contributed by atoms with Crippen LogP contribution in [0.25, 0.3) is 0 Å². The van der Waals surface area contributed by atoms with Gasteiger partial charge in [-0.3, -0.25) is 10.8 Å². The lowest BCUT2D eigenvalue weighted by Gasteiger charge is -2.30. The zero-order chi connectivity index (χ0) is 5.86. The van der Waals surface area contributed by atoms with Gasteiger partial charge in [0.2, 0.25) is 0 Å². The largest absolute Gasteiger partial charge is 0.781 e. The average molecular weight is 123 g/mol. The summed E-state index contributed by atoms with van der Waals surface area (Å²) in [6, 6.07) is 0. The minimum Gasteiger partial charge on any atom is -0.781 e. The summed E-state index contributed by atoms with van der Waals surface area (Å²) in [5, 5.41) is 19.6. The van der Waals surface area contributed by atoms with Crippen LogP contribution in [0.3, 0.4) is 0 Å². The number of nitrogens with two attached hydrogens (primary N) is 1. The first-order valence-corrected chi connectivity index (χ1v) is 2.41. The lowest BCUT2D eigenvalue weighted by molar-refractivity contribution is 0.610. The van der Waals surface area contributed by atoms with Crippen LogP contribution >= 0.6 is 8.88 Å². The number of hydroxylamine groups is 1. The molecule has 6 heteroatoms. The lowest BCUT2D eigenvalue weighted by atomic mass is 11.6. The van der Waals surface area contributed by atoms with Gasteiger partial charge in [-0.25, -0.2) is 0 Å². The van der Waals surface area contributed by atoms with Crippen molar-refractivity contribution in [2.45, 2.75) is 0 Å². The molecule has 0 aromatic rings. The molecule has 1 atom stereocenters. The Balaban J connectivity index is 2.95. The molecular formula is CH6N3O2P-2. The van der Waals surface area contributed by atoms with Gasteiger partial charge in [0.05, 0.1) is 0 Å². The van der Waals surface area contributed by atoms with E-state index < -0.39 is 8.88 Å². The SMILES string of the molecule is CN([O-])PN(N)[O-]. The summed E-state index contributed by atoms with van der Waals surface area (Å²) in [6.45, 7) is 0. The van der Waals surface area contributed by atoms with Crippen LogP contribution in [0.5, 0.6) is 0 Å². The number of nitrogens with zero attached hydrogens (tertiary/aromatic N) is 2. The Morgan fingerprint density at radius 3 is 2.00 bits per heavy atom. The summed E-state index contributed by atoms with van der Waals surface area (Å²) in [6.07, 6.45) is 0. The highest BCUT2D eigenvalue weighted by Crippen LogP contribution is 2.12. The van der Waals surface area contributed by atoms with Gasteiger partial charge in [0.25, 0.3) is 0 Å². The van der Waals surface area contributed by atoms with Crippen LogP contribution in [-0.4, -0.2) is 16.8 Å². The third kappa shape index (κ3) is 6.23. The summed E-state index contributed by atoms with van der Waals surface area (Å²) < 4.78 is 0. The first-order chi connectivity index (χ1) is 3.13. The Morgan fingerprint density at radius 2 is 2.00 bits per heavy atom. The molecule has 0 spiro atoms. The summed E-state index contributed by atoms with van der Waals surface area (Å²) in [4.78, 5) is 0.556. The predicted molar refractivity (Wildman–Crippen MR) is 28.8 cm³/mol. The molecule has 44 valence electrons. The van der Waals surface area contributed by atoms with E-state index in [4.69, 9.17) is 0 Å². The summed E-state index contributed by atoms with van der Waals surface area (Å²) in [7, 11) is 0.711. The van der Waals surface area contributed by atoms with Crippen molar-refractivity contribution < 1.29 is 0 Å². The van der Waals surface area contributed by atoms with Gasteiger partial charge in [-0.15, -0.1) is 0 Å². The molecule has 0 bridgehead atoms. The van der Waals surface area contributed by atoms with E-state index in [0.29, 0.717) is 4.83 Å². The predicted octanol–water partition coefficient (Wildman–Crippen LogP) is -0.402. The Labute approximate surface area is 43.1 Å². The molecule has 0 aliphatic rings. The highest BCUT2D eigenvalue weighted by atomic mass is 31.1. The first kappa shape index (κ1) is 7.23. The fourth-order valence-corrected chi connectivity index (χ4v) is 0.416. The first-order valence-electron chi connectivity index (χ1n) is 1.52. The summed E-state index contributed by atoms with van der Waals surface area (Å²) in [5.41, 5.74) is 0. The van der Waals surface area contributed by atoms with Crippen LogP contribution in [-0.2, 0) is 0 Å². The highest BCUT2D eigenvalue weighted by molar-refractivity contribution is 7.32. The molecule has 0 amide bonds. The van der Waals surface area contributed by atoms with Gasteiger partial charge in [0.1, 0.15) is 0 Å². The Hall–Kier alpha value is 0.230. The van der Waals surface area contributed by atoms with Crippen LogP contribution in [0.15, 0.2) is 0 Å². The van der Waals surface area contributed by atoms with E-state index in [0.717, 1.165) is 0 Å². The summed E-state index contributed by atoms with van der Waals surface area (Å²) in [5.74, 6) is 4.54. The van der Waals surface area contributed by atoms with Crippen molar-refractivity contribution in [1.82, 2.24) is 9.78 Å². The molecule has 0 radical (unpaired) electrons. The lowest BCUT2D eigenvalue weighted by Crippen LogP contribution is -2.17. The second kappa shape index (κ2) is 3.26. The second-order valence-electron chi connectivity index (χ2n) is 0.923. The number of hydrogen-bond acceptors (Lipinski definition) is 5. The third-order valence-corrected chi connectivity index (χ3v) is 0.718. The fourth-order valence-electron chi connectivity index (χ4n) is 0.139. The van der Waals surface area contributed by atoms with Crippen molar-refractivity contribution >= 4 is 8.88 Å². The van der Waals surface area contributed by atoms with Crippen LogP contribution in [0.2, 0.25) is 0 Å². The van der Waals surface area contributed by atoms with Crippen LogP contribution in [0.4, 0.5) is 0 Å². The van der Waals surface area contributed by atoms with Gasteiger partial charge < -0.3 is 15.2 Å². The van der Waals surface area contributed by atoms with Crippen LogP contribution < -0.4 is 5.84 Å². The number of hydrogen-bond donors (Lipinski definition) is 1. The maximum atomic E-state index is 9.86. The van der Waals surface area contributed by atoms with Gasteiger partial charge in [-0.2, -0.15) is 0 Å². The molecule has 0 aromatic heterocycles. The van der Waals surface area contributed by atoms with Crippen LogP contribution in [0.1, 0.15) is 0 Å². The van der Waals surface area contributed by atoms with Gasteiger partial charge in [-0.1, -0.05) is 0 Å². The quantitative estimate of drug-likeness (QED) is 0.307. The van der Waals surface area contributed by atoms with E-state index in [9.17, 15) is 10.4 Å². The van der Waals surface area contributed by atoms with Gasteiger partial charge in [0.15, 0.2) is 0 Å². The minimum absolute atomic E-state index is 0.0903. The fraction of sp³-hybridized carbons (Fsp3) is 1.00. The average Bonchev–Trinajstić information content (AvgIpc) is 1.27. The van der Waals surface area contributed by atoms with Crippen molar-refractivity contribution in [3.8, 4) is 0 Å². The maximum Gasteiger partial charge on any atom is 0.0127 e. The molecule has 0 aliphatic carbocycles. The van der Waals surface area contributed by atoms with E-state index in [1.807, 2.05) is 0 Å². The highest BCUT2D eigenvalue weighted by Gasteiger charge is 1.75. The smallest absolute Gasteiger partial charge is 0.0127 e. The molecule has 0 aromatic carbocycles. The molecule has 7 heavy (non-hydrogen) atoms. The molecule has 0 aliphatic heterocycles. The molecule has 0 heterocycles. The second-order valence-corrected chi connectivity index (χ2v) is 2.19. The molecule has 0 saturated carbocycles. The van der Waals surface area contributed by atoms with E-state index in [2.05, 4.69) is 5.84 Å². The molecular weight excluding hydrogens is 117 g/mol. The maximum absolute atomic E-state index is 9.86. The minimum atomic E-state index is -0.522. The summed E-state index contributed by atoms with van der Waals surface area (Å²) >= 11 is 0. The molecule has 0 saturated heterocycles. The molecule has 1 unspecified atom stereocenters. The standard InChI is InChI=1S/CH6N3O2P/c1-3(5)7-4(2)6/h7H,2H2,1H3/q-2. The van der Waals surface area contributed by atoms with E-state index in [1.54, 1.807) is 0 Å². The van der Waals surface area contributed by atoms with Crippen molar-refractivity contribution in [3.63, 3.8) is 0 Å². The Bertz CT molecular complexity index is 42.2. The Morgan fingerprint density at radius 1 is 1.57 bits per heavy atom. The number of hydrazine groups is 1. The van der Waals surface area contributed by atoms with E-state index in [1.165, 1.54) is 7.05 Å². The van der Waals surface area contributed by atoms with Crippen molar-refractivity contribution in [2.75, 3.05) is 7.05 Å². The van der Waals surface area contributed by atoms with Crippen molar-refractivity contribution in [3.05, 3.63) is 10.4 Å². The zero-order valence-electron chi connectivity index (χ0n) is 3.79. The van der Waals surface area contributed by atoms with Gasteiger partial charge in [-0.05, 0) is 7.05 Å². The monoisotopic (exact) mass is 123 g/mol. The van der Waals surface area contributed by atoms with E-state index >= 15 is 0 Å².